The van der Waals surface area contributed by atoms with Crippen LogP contribution in [0.2, 0.25) is 10.2 Å². The smallest absolute Gasteiger partial charge is 0.252 e. The van der Waals surface area contributed by atoms with Gasteiger partial charge < -0.3 is 10.2 Å². The highest BCUT2D eigenvalue weighted by Gasteiger charge is 2.29. The predicted octanol–water partition coefficient (Wildman–Crippen LogP) is 2.85. The van der Waals surface area contributed by atoms with Crippen molar-refractivity contribution in [1.29, 1.82) is 0 Å². The lowest BCUT2D eigenvalue weighted by molar-refractivity contribution is 0.0891. The lowest BCUT2D eigenvalue weighted by Crippen LogP contribution is -2.43. The van der Waals surface area contributed by atoms with Gasteiger partial charge in [0.05, 0.1) is 10.6 Å². The molecule has 1 aromatic rings. The van der Waals surface area contributed by atoms with Crippen LogP contribution in [0.1, 0.15) is 30.1 Å². The summed E-state index contributed by atoms with van der Waals surface area (Å²) in [5, 5.41) is 3.48. The predicted molar refractivity (Wildman–Crippen MR) is 81.4 cm³/mol. The summed E-state index contributed by atoms with van der Waals surface area (Å²) in [6.07, 6.45) is 3.62. The molecule has 1 amide bonds. The summed E-state index contributed by atoms with van der Waals surface area (Å²) in [5.41, 5.74) is 0.599. The van der Waals surface area contributed by atoms with E-state index in [1.54, 1.807) is 6.07 Å². The number of piperidine rings is 1. The minimum atomic E-state index is -0.156. The molecule has 110 valence electrons. The van der Waals surface area contributed by atoms with Crippen LogP contribution in [0, 0.1) is 5.41 Å². The van der Waals surface area contributed by atoms with E-state index in [-0.39, 0.29) is 16.5 Å². The van der Waals surface area contributed by atoms with E-state index in [9.17, 15) is 4.79 Å². The first-order valence-electron chi connectivity index (χ1n) is 6.67. The Morgan fingerprint density at radius 1 is 1.45 bits per heavy atom. The van der Waals surface area contributed by atoms with E-state index < -0.39 is 0 Å². The molecular weight excluding hydrogens is 297 g/mol. The average molecular weight is 316 g/mol. The highest BCUT2D eigenvalue weighted by molar-refractivity contribution is 6.41. The molecule has 0 saturated carbocycles. The van der Waals surface area contributed by atoms with Gasteiger partial charge in [-0.15, -0.1) is 0 Å². The molecule has 0 aliphatic carbocycles. The van der Waals surface area contributed by atoms with Crippen LogP contribution < -0.4 is 5.32 Å². The lowest BCUT2D eigenvalue weighted by atomic mass is 9.80. The average Bonchev–Trinajstić information content (AvgIpc) is 2.43. The Morgan fingerprint density at radius 2 is 2.10 bits per heavy atom. The molecule has 1 aromatic heterocycles. The number of hydrogen-bond donors (Lipinski definition) is 1. The highest BCUT2D eigenvalue weighted by atomic mass is 35.5. The van der Waals surface area contributed by atoms with E-state index in [2.05, 4.69) is 29.2 Å². The number of nitrogens with one attached hydrogen (secondary N) is 1. The van der Waals surface area contributed by atoms with Crippen LogP contribution in [0.15, 0.2) is 12.3 Å². The summed E-state index contributed by atoms with van der Waals surface area (Å²) in [4.78, 5) is 18.3. The zero-order valence-corrected chi connectivity index (χ0v) is 13.3. The molecule has 1 fully saturated rings. The van der Waals surface area contributed by atoms with Gasteiger partial charge in [-0.1, -0.05) is 30.1 Å². The molecule has 0 spiro atoms. The third-order valence-corrected chi connectivity index (χ3v) is 4.61. The zero-order valence-electron chi connectivity index (χ0n) is 11.7. The maximum absolute atomic E-state index is 12.1. The first-order valence-corrected chi connectivity index (χ1v) is 7.43. The number of nitrogens with zero attached hydrogens (tertiary/aromatic N) is 2. The SMILES string of the molecule is CN1CCC(C)(CNC(=O)c2cnc(Cl)c(Cl)c2)CC1. The van der Waals surface area contributed by atoms with Crippen LogP contribution in [0.25, 0.3) is 0 Å². The molecule has 20 heavy (non-hydrogen) atoms. The van der Waals surface area contributed by atoms with Crippen molar-refractivity contribution in [2.24, 2.45) is 5.41 Å². The maximum atomic E-state index is 12.1. The topological polar surface area (TPSA) is 45.2 Å². The van der Waals surface area contributed by atoms with Crippen LogP contribution in [-0.4, -0.2) is 42.5 Å². The summed E-state index contributed by atoms with van der Waals surface area (Å²) >= 11 is 11.6. The summed E-state index contributed by atoms with van der Waals surface area (Å²) < 4.78 is 0. The summed E-state index contributed by atoms with van der Waals surface area (Å²) in [6, 6.07) is 1.54. The second kappa shape index (κ2) is 6.29. The minimum Gasteiger partial charge on any atom is -0.351 e. The van der Waals surface area contributed by atoms with Gasteiger partial charge in [0.1, 0.15) is 5.15 Å². The first kappa shape index (κ1) is 15.5. The molecule has 0 atom stereocenters. The zero-order chi connectivity index (χ0) is 14.8. The molecule has 2 rings (SSSR count). The first-order chi connectivity index (χ1) is 9.39. The Bertz CT molecular complexity index is 499. The Balaban J connectivity index is 1.93. The summed E-state index contributed by atoms with van der Waals surface area (Å²) in [5.74, 6) is -0.156. The lowest BCUT2D eigenvalue weighted by Gasteiger charge is -2.37. The van der Waals surface area contributed by atoms with Crippen molar-refractivity contribution in [3.8, 4) is 0 Å². The van der Waals surface area contributed by atoms with E-state index in [1.165, 1.54) is 6.20 Å². The highest BCUT2D eigenvalue weighted by Crippen LogP contribution is 2.29. The minimum absolute atomic E-state index is 0.156. The largest absolute Gasteiger partial charge is 0.351 e. The number of carbonyl (C=O) groups is 1. The van der Waals surface area contributed by atoms with Crippen molar-refractivity contribution in [2.45, 2.75) is 19.8 Å². The van der Waals surface area contributed by atoms with Gasteiger partial charge in [-0.3, -0.25) is 4.79 Å². The van der Waals surface area contributed by atoms with Gasteiger partial charge in [-0.2, -0.15) is 0 Å². The molecular formula is C14H19Cl2N3O. The number of halogens is 2. The second-order valence-electron chi connectivity index (χ2n) is 5.79. The van der Waals surface area contributed by atoms with Gasteiger partial charge in [-0.05, 0) is 44.5 Å². The van der Waals surface area contributed by atoms with Crippen LogP contribution in [-0.2, 0) is 0 Å². The van der Waals surface area contributed by atoms with E-state index in [1.807, 2.05) is 0 Å². The molecule has 1 aliphatic rings. The van der Waals surface area contributed by atoms with Gasteiger partial charge in [-0.25, -0.2) is 4.98 Å². The van der Waals surface area contributed by atoms with E-state index in [4.69, 9.17) is 23.2 Å². The number of aromatic nitrogens is 1. The Kier molecular flexibility index (Phi) is 4.89. The van der Waals surface area contributed by atoms with Gasteiger partial charge in [0.25, 0.3) is 5.91 Å². The monoisotopic (exact) mass is 315 g/mol. The Morgan fingerprint density at radius 3 is 2.70 bits per heavy atom. The van der Waals surface area contributed by atoms with Crippen LogP contribution in [0.4, 0.5) is 0 Å². The molecule has 0 radical (unpaired) electrons. The van der Waals surface area contributed by atoms with Crippen LogP contribution in [0.3, 0.4) is 0 Å². The number of likely N-dealkylation sites (tertiary alicyclic amines) is 1. The Hall–Kier alpha value is -0.840. The van der Waals surface area contributed by atoms with Gasteiger partial charge >= 0.3 is 0 Å². The molecule has 1 aliphatic heterocycles. The van der Waals surface area contributed by atoms with Crippen molar-refractivity contribution in [1.82, 2.24) is 15.2 Å². The van der Waals surface area contributed by atoms with Gasteiger partial charge in [0.2, 0.25) is 0 Å². The normalized spacial score (nSPS) is 18.8. The van der Waals surface area contributed by atoms with E-state index in [0.29, 0.717) is 17.1 Å². The third-order valence-electron chi connectivity index (χ3n) is 3.93. The fraction of sp³-hybridized carbons (Fsp3) is 0.571. The Labute approximate surface area is 129 Å². The summed E-state index contributed by atoms with van der Waals surface area (Å²) in [7, 11) is 2.12. The van der Waals surface area contributed by atoms with Crippen molar-refractivity contribution in [3.63, 3.8) is 0 Å². The molecule has 0 unspecified atom stereocenters. The summed E-state index contributed by atoms with van der Waals surface area (Å²) in [6.45, 7) is 5.02. The molecule has 4 nitrogen and oxygen atoms in total. The third kappa shape index (κ3) is 3.84. The van der Waals surface area contributed by atoms with Crippen molar-refractivity contribution >= 4 is 29.1 Å². The standard InChI is InChI=1S/C14H19Cl2N3O/c1-14(3-5-19(2)6-4-14)9-18-13(20)10-7-11(15)12(16)17-8-10/h7-8H,3-6,9H2,1-2H3,(H,18,20). The van der Waals surface area contributed by atoms with Gasteiger partial charge in [0, 0.05) is 12.7 Å². The fourth-order valence-corrected chi connectivity index (χ4v) is 2.55. The quantitative estimate of drug-likeness (QED) is 0.872. The van der Waals surface area contributed by atoms with Crippen molar-refractivity contribution in [2.75, 3.05) is 26.7 Å². The molecule has 0 bridgehead atoms. The molecule has 6 heteroatoms. The number of amides is 1. The molecule has 1 saturated heterocycles. The van der Waals surface area contributed by atoms with Crippen molar-refractivity contribution < 1.29 is 4.79 Å². The maximum Gasteiger partial charge on any atom is 0.252 e. The van der Waals surface area contributed by atoms with Crippen molar-refractivity contribution in [3.05, 3.63) is 28.0 Å². The molecule has 2 heterocycles. The number of hydrogen-bond acceptors (Lipinski definition) is 3. The fourth-order valence-electron chi connectivity index (χ4n) is 2.28. The second-order valence-corrected chi connectivity index (χ2v) is 6.56. The van der Waals surface area contributed by atoms with Gasteiger partial charge in [0.15, 0.2) is 0 Å². The van der Waals surface area contributed by atoms with E-state index >= 15 is 0 Å². The van der Waals surface area contributed by atoms with E-state index in [0.717, 1.165) is 25.9 Å². The number of rotatable bonds is 3. The van der Waals surface area contributed by atoms with Crippen LogP contribution in [0.5, 0.6) is 0 Å². The molecule has 1 N–H and O–H groups in total. The number of pyridine rings is 1. The van der Waals surface area contributed by atoms with Crippen LogP contribution >= 0.6 is 23.2 Å². The number of carbonyl (C=O) groups excluding carboxylic acids is 1. The molecule has 0 aromatic carbocycles.